The smallest absolute Gasteiger partial charge is 0.322 e. The molecular weight excluding hydrogens is 377 g/mol. The van der Waals surface area contributed by atoms with Crippen molar-refractivity contribution in [2.24, 2.45) is 5.92 Å². The summed E-state index contributed by atoms with van der Waals surface area (Å²) in [5.74, 6) is -0.589. The average molecular weight is 397 g/mol. The van der Waals surface area contributed by atoms with E-state index in [0.29, 0.717) is 24.3 Å². The summed E-state index contributed by atoms with van der Waals surface area (Å²) < 4.78 is 18.3. The molecule has 4 rings (SSSR count). The number of ether oxygens (including phenoxy) is 1. The maximum Gasteiger partial charge on any atom is 0.322 e. The molecule has 7 nitrogen and oxygen atoms in total. The lowest BCUT2D eigenvalue weighted by Crippen LogP contribution is -2.54. The number of allylic oxidation sites excluding steroid dienone is 5. The van der Waals surface area contributed by atoms with E-state index in [1.807, 2.05) is 6.07 Å². The lowest BCUT2D eigenvalue weighted by Gasteiger charge is -2.28. The lowest BCUT2D eigenvalue weighted by molar-refractivity contribution is -0.122. The van der Waals surface area contributed by atoms with Crippen LogP contribution in [0.3, 0.4) is 0 Å². The van der Waals surface area contributed by atoms with Gasteiger partial charge in [-0.15, -0.1) is 0 Å². The number of hydrogen-bond acceptors (Lipinski definition) is 4. The summed E-state index contributed by atoms with van der Waals surface area (Å²) in [6.45, 7) is 0.311. The Bertz CT molecular complexity index is 984. The van der Waals surface area contributed by atoms with E-state index >= 15 is 0 Å². The fourth-order valence-corrected chi connectivity index (χ4v) is 3.72. The number of benzene rings is 1. The van der Waals surface area contributed by atoms with Crippen LogP contribution in [0.2, 0.25) is 0 Å². The molecule has 3 aliphatic rings. The Morgan fingerprint density at radius 3 is 2.83 bits per heavy atom. The van der Waals surface area contributed by atoms with Crippen molar-refractivity contribution >= 4 is 17.8 Å². The monoisotopic (exact) mass is 397 g/mol. The van der Waals surface area contributed by atoms with Gasteiger partial charge in [0.25, 0.3) is 11.8 Å². The molecule has 2 heterocycles. The number of halogens is 1. The third kappa shape index (κ3) is 3.53. The van der Waals surface area contributed by atoms with Crippen LogP contribution in [0.15, 0.2) is 54.4 Å². The number of urea groups is 1. The van der Waals surface area contributed by atoms with E-state index in [2.05, 4.69) is 10.6 Å². The van der Waals surface area contributed by atoms with Gasteiger partial charge in [0, 0.05) is 12.1 Å². The Kier molecular flexibility index (Phi) is 4.70. The van der Waals surface area contributed by atoms with Crippen LogP contribution in [0.25, 0.3) is 0 Å². The fraction of sp³-hybridized carbons (Fsp3) is 0.286. The minimum Gasteiger partial charge on any atom is -0.497 e. The van der Waals surface area contributed by atoms with Crippen LogP contribution in [-0.2, 0) is 11.3 Å². The highest BCUT2D eigenvalue weighted by Crippen LogP contribution is 2.29. The molecule has 29 heavy (non-hydrogen) atoms. The average Bonchev–Trinajstić information content (AvgIpc) is 3.16. The predicted molar refractivity (Wildman–Crippen MR) is 103 cm³/mol. The number of methoxy groups -OCH3 is 1. The van der Waals surface area contributed by atoms with E-state index < -0.39 is 17.5 Å². The molecule has 8 heteroatoms. The first-order valence-corrected chi connectivity index (χ1v) is 9.23. The van der Waals surface area contributed by atoms with E-state index in [0.717, 1.165) is 5.56 Å². The summed E-state index contributed by atoms with van der Waals surface area (Å²) in [6, 6.07) is 4.64. The van der Waals surface area contributed by atoms with Gasteiger partial charge in [0.2, 0.25) is 0 Å². The van der Waals surface area contributed by atoms with Gasteiger partial charge in [-0.2, -0.15) is 0 Å². The van der Waals surface area contributed by atoms with E-state index in [1.165, 1.54) is 24.2 Å². The molecule has 0 saturated carbocycles. The molecule has 150 valence electrons. The van der Waals surface area contributed by atoms with Gasteiger partial charge in [-0.25, -0.2) is 9.18 Å². The van der Waals surface area contributed by atoms with Crippen molar-refractivity contribution in [3.63, 3.8) is 0 Å². The van der Waals surface area contributed by atoms with Crippen LogP contribution in [0.5, 0.6) is 5.75 Å². The van der Waals surface area contributed by atoms with Crippen LogP contribution in [0.4, 0.5) is 9.18 Å². The molecule has 1 aromatic carbocycles. The molecule has 1 unspecified atom stereocenters. The molecule has 1 saturated heterocycles. The second-order valence-electron chi connectivity index (χ2n) is 7.27. The van der Waals surface area contributed by atoms with Crippen molar-refractivity contribution < 1.29 is 23.5 Å². The Hall–Kier alpha value is -3.42. The molecule has 2 atom stereocenters. The summed E-state index contributed by atoms with van der Waals surface area (Å²) >= 11 is 0. The van der Waals surface area contributed by atoms with Crippen molar-refractivity contribution in [3.8, 4) is 5.75 Å². The largest absolute Gasteiger partial charge is 0.497 e. The van der Waals surface area contributed by atoms with Crippen LogP contribution >= 0.6 is 0 Å². The minimum atomic E-state index is -1.38. The summed E-state index contributed by atoms with van der Waals surface area (Å²) in [6.07, 6.45) is 8.32. The van der Waals surface area contributed by atoms with Crippen molar-refractivity contribution in [3.05, 3.63) is 65.5 Å². The van der Waals surface area contributed by atoms with Crippen molar-refractivity contribution in [2.45, 2.75) is 18.5 Å². The second-order valence-corrected chi connectivity index (χ2v) is 7.27. The number of carbonyl (C=O) groups is 3. The Balaban J connectivity index is 1.57. The van der Waals surface area contributed by atoms with Gasteiger partial charge in [-0.1, -0.05) is 24.3 Å². The molecular formula is C21H20FN3O4. The summed E-state index contributed by atoms with van der Waals surface area (Å²) in [5, 5.41) is 4.89. The SMILES string of the molecule is COc1ccc2c(c1)C(=O)N(C[C@@]1(/C=C/C3C=CC(F)=CC3)NC(=O)NC1=O)C2. The Labute approximate surface area is 166 Å². The van der Waals surface area contributed by atoms with Gasteiger partial charge in [0.1, 0.15) is 11.6 Å². The molecule has 1 aliphatic carbocycles. The summed E-state index contributed by atoms with van der Waals surface area (Å²) in [7, 11) is 1.53. The number of nitrogens with zero attached hydrogens (tertiary/aromatic N) is 1. The quantitative estimate of drug-likeness (QED) is 0.589. The number of fused-ring (bicyclic) bond motifs is 1. The Morgan fingerprint density at radius 1 is 1.34 bits per heavy atom. The van der Waals surface area contributed by atoms with E-state index in [-0.39, 0.29) is 24.2 Å². The maximum absolute atomic E-state index is 13.2. The molecule has 2 aliphatic heterocycles. The third-order valence-electron chi connectivity index (χ3n) is 5.32. The predicted octanol–water partition coefficient (Wildman–Crippen LogP) is 2.21. The molecule has 0 aromatic heterocycles. The Morgan fingerprint density at radius 2 is 2.17 bits per heavy atom. The first-order valence-electron chi connectivity index (χ1n) is 9.23. The highest BCUT2D eigenvalue weighted by Gasteiger charge is 2.47. The van der Waals surface area contributed by atoms with Gasteiger partial charge >= 0.3 is 6.03 Å². The van der Waals surface area contributed by atoms with Gasteiger partial charge < -0.3 is 15.0 Å². The van der Waals surface area contributed by atoms with Gasteiger partial charge in [-0.3, -0.25) is 14.9 Å². The number of rotatable bonds is 5. The standard InChI is InChI=1S/C21H20FN3O4/c1-29-16-7-4-14-11-25(18(26)17(14)10-16)12-21(19(27)23-20(28)24-21)9-8-13-2-5-15(22)6-3-13/h2,4-10,13H,3,11-12H2,1H3,(H2,23,24,27,28)/b9-8+/t13?,21-/m1/s1. The van der Waals surface area contributed by atoms with Crippen LogP contribution in [0.1, 0.15) is 22.3 Å². The lowest BCUT2D eigenvalue weighted by atomic mass is 9.93. The molecule has 2 N–H and O–H groups in total. The van der Waals surface area contributed by atoms with Crippen LogP contribution < -0.4 is 15.4 Å². The minimum absolute atomic E-state index is 0.0163. The zero-order chi connectivity index (χ0) is 20.6. The number of carbonyl (C=O) groups excluding carboxylic acids is 3. The zero-order valence-corrected chi connectivity index (χ0v) is 15.8. The molecule has 1 aromatic rings. The van der Waals surface area contributed by atoms with Crippen molar-refractivity contribution in [1.29, 1.82) is 0 Å². The molecule has 0 bridgehead atoms. The molecule has 0 radical (unpaired) electrons. The molecule has 0 spiro atoms. The second kappa shape index (κ2) is 7.20. The zero-order valence-electron chi connectivity index (χ0n) is 15.8. The van der Waals surface area contributed by atoms with E-state index in [1.54, 1.807) is 30.4 Å². The number of nitrogens with one attached hydrogen (secondary N) is 2. The third-order valence-corrected chi connectivity index (χ3v) is 5.32. The van der Waals surface area contributed by atoms with Gasteiger partial charge in [0.05, 0.1) is 13.7 Å². The van der Waals surface area contributed by atoms with Crippen LogP contribution in [0, 0.1) is 5.92 Å². The number of amides is 4. The van der Waals surface area contributed by atoms with E-state index in [4.69, 9.17) is 4.74 Å². The first kappa shape index (κ1) is 18.9. The van der Waals surface area contributed by atoms with Crippen molar-refractivity contribution in [2.75, 3.05) is 13.7 Å². The molecule has 4 amide bonds. The maximum atomic E-state index is 13.2. The van der Waals surface area contributed by atoms with E-state index in [9.17, 15) is 18.8 Å². The fourth-order valence-electron chi connectivity index (χ4n) is 3.72. The number of imide groups is 1. The first-order chi connectivity index (χ1) is 13.9. The topological polar surface area (TPSA) is 87.7 Å². The summed E-state index contributed by atoms with van der Waals surface area (Å²) in [5.41, 5.74) is -0.0357. The van der Waals surface area contributed by atoms with Gasteiger partial charge in [-0.05, 0) is 42.2 Å². The van der Waals surface area contributed by atoms with Crippen LogP contribution in [-0.4, -0.2) is 41.9 Å². The van der Waals surface area contributed by atoms with Crippen molar-refractivity contribution in [1.82, 2.24) is 15.5 Å². The summed E-state index contributed by atoms with van der Waals surface area (Å²) in [4.78, 5) is 38.8. The van der Waals surface area contributed by atoms with Gasteiger partial charge in [0.15, 0.2) is 5.54 Å². The molecule has 1 fully saturated rings. The highest BCUT2D eigenvalue weighted by molar-refractivity contribution is 6.09. The highest BCUT2D eigenvalue weighted by atomic mass is 19.1. The number of hydrogen-bond donors (Lipinski definition) is 2. The normalized spacial score (nSPS) is 25.9.